The van der Waals surface area contributed by atoms with E-state index in [1.165, 1.54) is 0 Å². The SMILES string of the molecule is CCCCOC(=O)c1sc(=S)sc1C(=O)OCCCC. The third kappa shape index (κ3) is 5.30. The van der Waals surface area contributed by atoms with Gasteiger partial charge >= 0.3 is 11.9 Å². The second kappa shape index (κ2) is 9.20. The van der Waals surface area contributed by atoms with Crippen molar-refractivity contribution in [3.05, 3.63) is 12.9 Å². The molecule has 0 N–H and O–H groups in total. The summed E-state index contributed by atoms with van der Waals surface area (Å²) >= 11 is 7.26. The van der Waals surface area contributed by atoms with Crippen LogP contribution in [0.3, 0.4) is 0 Å². The van der Waals surface area contributed by atoms with E-state index in [-0.39, 0.29) is 9.75 Å². The molecule has 1 heterocycles. The number of ether oxygens (including phenoxy) is 2. The van der Waals surface area contributed by atoms with Gasteiger partial charge in [-0.05, 0) is 12.8 Å². The summed E-state index contributed by atoms with van der Waals surface area (Å²) in [4.78, 5) is 24.4. The zero-order valence-corrected chi connectivity index (χ0v) is 14.0. The minimum Gasteiger partial charge on any atom is -0.461 e. The Morgan fingerprint density at radius 3 is 1.70 bits per heavy atom. The molecule has 1 rings (SSSR count). The van der Waals surface area contributed by atoms with Crippen LogP contribution in [0.1, 0.15) is 58.9 Å². The summed E-state index contributed by atoms with van der Waals surface area (Å²) in [5.74, 6) is -0.975. The molecule has 1 aromatic rings. The van der Waals surface area contributed by atoms with Gasteiger partial charge in [0.15, 0.2) is 0 Å². The van der Waals surface area contributed by atoms with Gasteiger partial charge in [0, 0.05) is 0 Å². The molecule has 7 heteroatoms. The Balaban J connectivity index is 2.74. The first-order valence-electron chi connectivity index (χ1n) is 6.58. The molecule has 0 saturated heterocycles. The van der Waals surface area contributed by atoms with Crippen molar-refractivity contribution in [1.82, 2.24) is 0 Å². The molecule has 0 atom stereocenters. The van der Waals surface area contributed by atoms with E-state index in [2.05, 4.69) is 0 Å². The van der Waals surface area contributed by atoms with Gasteiger partial charge in [0.25, 0.3) is 0 Å². The first-order valence-corrected chi connectivity index (χ1v) is 8.62. The van der Waals surface area contributed by atoms with Gasteiger partial charge < -0.3 is 9.47 Å². The molecule has 112 valence electrons. The minimum absolute atomic E-state index is 0.262. The summed E-state index contributed by atoms with van der Waals surface area (Å²) in [7, 11) is 0. The molecule has 0 aliphatic rings. The summed E-state index contributed by atoms with van der Waals surface area (Å²) in [5, 5.41) is 0. The standard InChI is InChI=1S/C13H18O4S3/c1-3-5-7-16-11(14)9-10(20-13(18)19-9)12(15)17-8-6-4-2/h3-8H2,1-2H3. The normalized spacial score (nSPS) is 10.3. The first kappa shape index (κ1) is 17.3. The maximum Gasteiger partial charge on any atom is 0.350 e. The van der Waals surface area contributed by atoms with Gasteiger partial charge in [-0.15, -0.1) is 22.7 Å². The lowest BCUT2D eigenvalue weighted by molar-refractivity contribution is 0.0461. The Hall–Kier alpha value is -0.790. The third-order valence-electron chi connectivity index (χ3n) is 2.41. The predicted molar refractivity (Wildman–Crippen MR) is 83.4 cm³/mol. The van der Waals surface area contributed by atoms with Crippen molar-refractivity contribution in [2.45, 2.75) is 39.5 Å². The topological polar surface area (TPSA) is 52.6 Å². The fraction of sp³-hybridized carbons (Fsp3) is 0.615. The Bertz CT molecular complexity index is 461. The van der Waals surface area contributed by atoms with Crippen LogP contribution in [0.2, 0.25) is 0 Å². The number of carbonyl (C=O) groups is 2. The summed E-state index contributed by atoms with van der Waals surface area (Å²) in [6.07, 6.45) is 3.49. The van der Waals surface area contributed by atoms with Crippen LogP contribution in [0.25, 0.3) is 0 Å². The average molecular weight is 334 g/mol. The monoisotopic (exact) mass is 334 g/mol. The number of hydrogen-bond acceptors (Lipinski definition) is 7. The Morgan fingerprint density at radius 2 is 1.35 bits per heavy atom. The van der Waals surface area contributed by atoms with Crippen LogP contribution in [0.5, 0.6) is 0 Å². The highest BCUT2D eigenvalue weighted by atomic mass is 32.2. The molecule has 20 heavy (non-hydrogen) atoms. The second-order valence-corrected chi connectivity index (χ2v) is 7.32. The molecule has 0 unspecified atom stereocenters. The van der Waals surface area contributed by atoms with Crippen molar-refractivity contribution in [3.8, 4) is 0 Å². The maximum absolute atomic E-state index is 11.9. The van der Waals surface area contributed by atoms with E-state index < -0.39 is 11.9 Å². The van der Waals surface area contributed by atoms with E-state index in [9.17, 15) is 9.59 Å². The lowest BCUT2D eigenvalue weighted by Gasteiger charge is -2.05. The van der Waals surface area contributed by atoms with Crippen molar-refractivity contribution >= 4 is 46.8 Å². The van der Waals surface area contributed by atoms with Crippen LogP contribution < -0.4 is 0 Å². The number of rotatable bonds is 8. The van der Waals surface area contributed by atoms with E-state index in [0.29, 0.717) is 16.4 Å². The molecule has 4 nitrogen and oxygen atoms in total. The van der Waals surface area contributed by atoms with Gasteiger partial charge in [-0.1, -0.05) is 38.9 Å². The smallest absolute Gasteiger partial charge is 0.350 e. The molecule has 0 amide bonds. The largest absolute Gasteiger partial charge is 0.461 e. The van der Waals surface area contributed by atoms with Crippen LogP contribution in [0.4, 0.5) is 0 Å². The molecule has 0 aromatic carbocycles. The summed E-state index contributed by atoms with van der Waals surface area (Å²) in [5.41, 5.74) is 0. The Morgan fingerprint density at radius 1 is 0.950 bits per heavy atom. The van der Waals surface area contributed by atoms with Crippen molar-refractivity contribution in [2.75, 3.05) is 13.2 Å². The first-order chi connectivity index (χ1) is 9.60. The fourth-order valence-electron chi connectivity index (χ4n) is 1.30. The lowest BCUT2D eigenvalue weighted by Crippen LogP contribution is -2.11. The number of esters is 2. The average Bonchev–Trinajstić information content (AvgIpc) is 2.81. The van der Waals surface area contributed by atoms with Gasteiger partial charge in [-0.2, -0.15) is 0 Å². The predicted octanol–water partition coefficient (Wildman–Crippen LogP) is 4.45. The highest BCUT2D eigenvalue weighted by Crippen LogP contribution is 2.26. The Labute approximate surface area is 131 Å². The molecule has 0 bridgehead atoms. The third-order valence-corrected chi connectivity index (χ3v) is 5.02. The molecule has 0 spiro atoms. The zero-order valence-electron chi connectivity index (χ0n) is 11.6. The van der Waals surface area contributed by atoms with E-state index in [1.807, 2.05) is 13.8 Å². The zero-order chi connectivity index (χ0) is 15.0. The van der Waals surface area contributed by atoms with Crippen molar-refractivity contribution in [1.29, 1.82) is 0 Å². The van der Waals surface area contributed by atoms with Gasteiger partial charge in [0.05, 0.1) is 13.2 Å². The van der Waals surface area contributed by atoms with Gasteiger partial charge in [-0.3, -0.25) is 0 Å². The van der Waals surface area contributed by atoms with E-state index in [1.54, 1.807) is 0 Å². The molecule has 0 aliphatic carbocycles. The number of unbranched alkanes of at least 4 members (excludes halogenated alkanes) is 2. The molecular formula is C13H18O4S3. The molecule has 0 aliphatic heterocycles. The van der Waals surface area contributed by atoms with Crippen LogP contribution in [0, 0.1) is 3.14 Å². The molecule has 0 saturated carbocycles. The lowest BCUT2D eigenvalue weighted by atomic mass is 10.3. The van der Waals surface area contributed by atoms with Crippen molar-refractivity contribution in [2.24, 2.45) is 0 Å². The summed E-state index contributed by atoms with van der Waals surface area (Å²) < 4.78 is 10.8. The van der Waals surface area contributed by atoms with Crippen LogP contribution in [-0.4, -0.2) is 25.2 Å². The highest BCUT2D eigenvalue weighted by Gasteiger charge is 2.23. The second-order valence-electron chi connectivity index (χ2n) is 4.09. The molecule has 0 radical (unpaired) electrons. The van der Waals surface area contributed by atoms with Crippen molar-refractivity contribution < 1.29 is 19.1 Å². The van der Waals surface area contributed by atoms with Crippen LogP contribution >= 0.6 is 34.9 Å². The molecule has 1 aromatic heterocycles. The van der Waals surface area contributed by atoms with E-state index in [4.69, 9.17) is 21.7 Å². The van der Waals surface area contributed by atoms with E-state index >= 15 is 0 Å². The van der Waals surface area contributed by atoms with Crippen molar-refractivity contribution in [3.63, 3.8) is 0 Å². The van der Waals surface area contributed by atoms with Gasteiger partial charge in [0.1, 0.15) is 12.9 Å². The van der Waals surface area contributed by atoms with Gasteiger partial charge in [0.2, 0.25) is 0 Å². The minimum atomic E-state index is -0.488. The number of hydrogen-bond donors (Lipinski definition) is 0. The van der Waals surface area contributed by atoms with Gasteiger partial charge in [-0.25, -0.2) is 9.59 Å². The van der Waals surface area contributed by atoms with Crippen LogP contribution in [-0.2, 0) is 9.47 Å². The van der Waals surface area contributed by atoms with E-state index in [0.717, 1.165) is 48.4 Å². The Kier molecular flexibility index (Phi) is 7.94. The number of carbonyl (C=O) groups excluding carboxylic acids is 2. The molecule has 0 fully saturated rings. The highest BCUT2D eigenvalue weighted by molar-refractivity contribution is 7.76. The maximum atomic E-state index is 11.9. The molecular weight excluding hydrogens is 316 g/mol. The fourth-order valence-corrected chi connectivity index (χ4v) is 3.69. The summed E-state index contributed by atoms with van der Waals surface area (Å²) in [6, 6.07) is 0. The van der Waals surface area contributed by atoms with Crippen LogP contribution in [0.15, 0.2) is 0 Å². The summed E-state index contributed by atoms with van der Waals surface area (Å²) in [6.45, 7) is 4.74. The quantitative estimate of drug-likeness (QED) is 0.399.